The van der Waals surface area contributed by atoms with E-state index in [2.05, 4.69) is 0 Å². The number of fused-ring (bicyclic) bond motifs is 1. The number of hydrogen-bond donors (Lipinski definition) is 3. The maximum absolute atomic E-state index is 14.2. The second-order valence-corrected chi connectivity index (χ2v) is 10.2. The Hall–Kier alpha value is -4.32. The molecule has 40 heavy (non-hydrogen) atoms. The Bertz CT molecular complexity index is 1510. The van der Waals surface area contributed by atoms with Crippen LogP contribution in [0.15, 0.2) is 65.6 Å². The molecule has 0 spiro atoms. The van der Waals surface area contributed by atoms with Crippen molar-refractivity contribution in [3.8, 4) is 0 Å². The van der Waals surface area contributed by atoms with Crippen molar-refractivity contribution < 1.29 is 47.7 Å². The zero-order valence-electron chi connectivity index (χ0n) is 20.6. The average Bonchev–Trinajstić information content (AvgIpc) is 2.89. The van der Waals surface area contributed by atoms with E-state index in [4.69, 9.17) is 0 Å². The van der Waals surface area contributed by atoms with Crippen molar-refractivity contribution in [2.45, 2.75) is 42.3 Å². The summed E-state index contributed by atoms with van der Waals surface area (Å²) in [7, 11) is 0. The van der Waals surface area contributed by atoms with Gasteiger partial charge in [0.2, 0.25) is 0 Å². The molecule has 1 aliphatic rings. The van der Waals surface area contributed by atoms with Crippen molar-refractivity contribution in [3.05, 3.63) is 99.6 Å². The molecule has 1 aliphatic carbocycles. The van der Waals surface area contributed by atoms with E-state index in [-0.39, 0.29) is 28.8 Å². The summed E-state index contributed by atoms with van der Waals surface area (Å²) < 4.78 is 39.1. The third-order valence-electron chi connectivity index (χ3n) is 6.55. The molecule has 12 heteroatoms. The van der Waals surface area contributed by atoms with Crippen molar-refractivity contribution in [3.63, 3.8) is 0 Å². The number of thioether (sulfide) groups is 1. The zero-order valence-corrected chi connectivity index (χ0v) is 21.5. The highest BCUT2D eigenvalue weighted by Gasteiger charge is 2.36. The third-order valence-corrected chi connectivity index (χ3v) is 7.27. The molecular formula is C28H22F3NO7S. The molecular weight excluding hydrogens is 551 g/mol. The van der Waals surface area contributed by atoms with Gasteiger partial charge in [-0.15, -0.1) is 0 Å². The number of carboxylic acids is 3. The first-order valence-corrected chi connectivity index (χ1v) is 12.8. The normalized spacial score (nSPS) is 14.7. The lowest BCUT2D eigenvalue weighted by Gasteiger charge is -2.37. The highest BCUT2D eigenvalue weighted by Crippen LogP contribution is 2.39. The second-order valence-electron chi connectivity index (χ2n) is 9.06. The molecule has 1 unspecified atom stereocenters. The molecule has 0 aromatic heterocycles. The first-order valence-electron chi connectivity index (χ1n) is 12.0. The summed E-state index contributed by atoms with van der Waals surface area (Å²) >= 11 is -0.335. The molecule has 3 N–H and O–H groups in total. The second kappa shape index (κ2) is 11.4. The smallest absolute Gasteiger partial charge is 0.446 e. The maximum atomic E-state index is 14.2. The number of alkyl halides is 3. The van der Waals surface area contributed by atoms with Crippen molar-refractivity contribution in [1.82, 2.24) is 4.90 Å². The standard InChI is InChI=1S/C28H22F3NO7S/c29-28(30,31)40-17-8-3-5-15(13-17)14-32(21-10-4-7-16-6-1-2-9-18(16)21)24(33)22-19(25(34)35)11-12-20(26(36)37)23(22)27(38)39/h1-3,5-6,8-9,11-13,21H,4,7,10,14H2,(H,34,35)(H,36,37)(H,38,39). The predicted molar refractivity (Wildman–Crippen MR) is 138 cm³/mol. The Morgan fingerprint density at radius 1 is 0.850 bits per heavy atom. The number of carboxylic acid groups (broad SMARTS) is 3. The number of aromatic carboxylic acids is 3. The van der Waals surface area contributed by atoms with Crippen molar-refractivity contribution >= 4 is 35.6 Å². The topological polar surface area (TPSA) is 132 Å². The van der Waals surface area contributed by atoms with Gasteiger partial charge in [-0.25, -0.2) is 14.4 Å². The molecule has 0 fully saturated rings. The van der Waals surface area contributed by atoms with Gasteiger partial charge in [0.05, 0.1) is 28.3 Å². The number of aryl methyl sites for hydroxylation is 1. The molecule has 0 radical (unpaired) electrons. The van der Waals surface area contributed by atoms with Gasteiger partial charge in [-0.05, 0) is 72.0 Å². The van der Waals surface area contributed by atoms with Gasteiger partial charge in [-0.1, -0.05) is 36.4 Å². The molecule has 0 heterocycles. The Morgan fingerprint density at radius 3 is 2.12 bits per heavy atom. The van der Waals surface area contributed by atoms with E-state index in [1.165, 1.54) is 29.2 Å². The quantitative estimate of drug-likeness (QED) is 0.275. The number of benzene rings is 3. The molecule has 1 amide bonds. The molecule has 3 aromatic rings. The van der Waals surface area contributed by atoms with Crippen LogP contribution >= 0.6 is 11.8 Å². The first-order chi connectivity index (χ1) is 18.9. The summed E-state index contributed by atoms with van der Waals surface area (Å²) in [6.07, 6.45) is 1.73. The Morgan fingerprint density at radius 2 is 1.50 bits per heavy atom. The van der Waals surface area contributed by atoms with E-state index in [0.717, 1.165) is 23.3 Å². The Labute approximate surface area is 230 Å². The summed E-state index contributed by atoms with van der Waals surface area (Å²) in [5.74, 6) is -6.19. The third kappa shape index (κ3) is 6.12. The number of halogens is 3. The first kappa shape index (κ1) is 28.7. The van der Waals surface area contributed by atoms with Gasteiger partial charge >= 0.3 is 23.4 Å². The number of amides is 1. The van der Waals surface area contributed by atoms with Crippen LogP contribution in [-0.2, 0) is 13.0 Å². The average molecular weight is 574 g/mol. The number of carbonyl (C=O) groups excluding carboxylic acids is 1. The maximum Gasteiger partial charge on any atom is 0.446 e. The molecule has 3 aromatic carbocycles. The molecule has 1 atom stereocenters. The van der Waals surface area contributed by atoms with E-state index in [1.54, 1.807) is 12.1 Å². The molecule has 0 saturated heterocycles. The van der Waals surface area contributed by atoms with Crippen LogP contribution in [-0.4, -0.2) is 49.5 Å². The Balaban J connectivity index is 1.91. The molecule has 0 bridgehead atoms. The van der Waals surface area contributed by atoms with Crippen LogP contribution in [0.2, 0.25) is 0 Å². The number of carbonyl (C=O) groups is 4. The summed E-state index contributed by atoms with van der Waals surface area (Å²) in [5.41, 5.74) is -5.90. The highest BCUT2D eigenvalue weighted by atomic mass is 32.2. The molecule has 0 saturated carbocycles. The number of nitrogens with zero attached hydrogens (tertiary/aromatic N) is 1. The van der Waals surface area contributed by atoms with Gasteiger partial charge < -0.3 is 20.2 Å². The molecule has 4 rings (SSSR count). The summed E-state index contributed by atoms with van der Waals surface area (Å²) in [6.45, 7) is -0.292. The van der Waals surface area contributed by atoms with E-state index in [0.29, 0.717) is 19.3 Å². The van der Waals surface area contributed by atoms with Gasteiger partial charge in [-0.2, -0.15) is 13.2 Å². The fourth-order valence-electron chi connectivity index (χ4n) is 4.96. The van der Waals surface area contributed by atoms with Crippen LogP contribution in [0.4, 0.5) is 13.2 Å². The molecule has 208 valence electrons. The lowest BCUT2D eigenvalue weighted by molar-refractivity contribution is -0.0328. The minimum Gasteiger partial charge on any atom is -0.478 e. The van der Waals surface area contributed by atoms with Crippen molar-refractivity contribution in [2.75, 3.05) is 0 Å². The minimum atomic E-state index is -4.56. The summed E-state index contributed by atoms with van der Waals surface area (Å²) in [6, 6.07) is 13.6. The predicted octanol–water partition coefficient (Wildman–Crippen LogP) is 6.11. The number of rotatable bonds is 8. The monoisotopic (exact) mass is 573 g/mol. The number of hydrogen-bond acceptors (Lipinski definition) is 5. The van der Waals surface area contributed by atoms with Gasteiger partial charge in [0.1, 0.15) is 0 Å². The van der Waals surface area contributed by atoms with Crippen molar-refractivity contribution in [1.29, 1.82) is 0 Å². The van der Waals surface area contributed by atoms with E-state index in [1.807, 2.05) is 12.1 Å². The van der Waals surface area contributed by atoms with Crippen LogP contribution in [0.3, 0.4) is 0 Å². The van der Waals surface area contributed by atoms with Crippen LogP contribution in [0, 0.1) is 0 Å². The van der Waals surface area contributed by atoms with Crippen molar-refractivity contribution in [2.24, 2.45) is 0 Å². The minimum absolute atomic E-state index is 0.133. The summed E-state index contributed by atoms with van der Waals surface area (Å²) in [4.78, 5) is 51.5. The summed E-state index contributed by atoms with van der Waals surface area (Å²) in [5, 5.41) is 29.3. The fourth-order valence-corrected chi connectivity index (χ4v) is 5.58. The SMILES string of the molecule is O=C(O)c1ccc(C(=O)O)c(C(=O)N(Cc2cccc(SC(F)(F)F)c2)C2CCCc3ccccc32)c1C(=O)O. The molecule has 0 aliphatic heterocycles. The van der Waals surface area contributed by atoms with Gasteiger partial charge in [0.15, 0.2) is 0 Å². The lowest BCUT2D eigenvalue weighted by atomic mass is 9.85. The van der Waals surface area contributed by atoms with Crippen LogP contribution in [0.25, 0.3) is 0 Å². The van der Waals surface area contributed by atoms with Crippen LogP contribution < -0.4 is 0 Å². The van der Waals surface area contributed by atoms with Gasteiger partial charge in [0, 0.05) is 11.4 Å². The van der Waals surface area contributed by atoms with E-state index < -0.39 is 57.6 Å². The van der Waals surface area contributed by atoms with E-state index in [9.17, 15) is 47.7 Å². The van der Waals surface area contributed by atoms with Gasteiger partial charge in [0.25, 0.3) is 5.91 Å². The fraction of sp³-hybridized carbons (Fsp3) is 0.214. The lowest BCUT2D eigenvalue weighted by Crippen LogP contribution is -2.38. The Kier molecular flexibility index (Phi) is 8.19. The molecule has 8 nitrogen and oxygen atoms in total. The largest absolute Gasteiger partial charge is 0.478 e. The zero-order chi connectivity index (χ0) is 29.2. The van der Waals surface area contributed by atoms with Crippen LogP contribution in [0.5, 0.6) is 0 Å². The van der Waals surface area contributed by atoms with E-state index >= 15 is 0 Å². The van der Waals surface area contributed by atoms with Gasteiger partial charge in [-0.3, -0.25) is 4.79 Å². The highest BCUT2D eigenvalue weighted by molar-refractivity contribution is 8.00. The van der Waals surface area contributed by atoms with Crippen LogP contribution in [0.1, 0.15) is 77.0 Å².